The van der Waals surface area contributed by atoms with Crippen molar-refractivity contribution in [2.45, 2.75) is 11.4 Å². The van der Waals surface area contributed by atoms with E-state index in [1.165, 1.54) is 36.6 Å². The predicted molar refractivity (Wildman–Crippen MR) is 98.3 cm³/mol. The maximum absolute atomic E-state index is 12.5. The lowest BCUT2D eigenvalue weighted by atomic mass is 10.2. The maximum Gasteiger partial charge on any atom is 0.261 e. The van der Waals surface area contributed by atoms with Crippen LogP contribution in [-0.2, 0) is 16.6 Å². The molecule has 0 saturated carbocycles. The fraction of sp³-hybridized carbons (Fsp3) is 0.0526. The molecular weight excluding hydrogens is 366 g/mol. The molecule has 0 saturated heterocycles. The van der Waals surface area contributed by atoms with Gasteiger partial charge in [0, 0.05) is 5.56 Å². The van der Waals surface area contributed by atoms with Crippen molar-refractivity contribution in [3.05, 3.63) is 83.8 Å². The molecule has 0 aliphatic rings. The van der Waals surface area contributed by atoms with Gasteiger partial charge in [-0.25, -0.2) is 8.42 Å². The highest BCUT2D eigenvalue weighted by molar-refractivity contribution is 7.92. The fourth-order valence-electron chi connectivity index (χ4n) is 2.33. The lowest BCUT2D eigenvalue weighted by Crippen LogP contribution is -2.22. The van der Waals surface area contributed by atoms with Crippen LogP contribution in [0.15, 0.2) is 76.2 Å². The molecule has 136 valence electrons. The monoisotopic (exact) mass is 381 g/mol. The van der Waals surface area contributed by atoms with Crippen LogP contribution in [-0.4, -0.2) is 14.3 Å². The summed E-state index contributed by atoms with van der Waals surface area (Å²) in [6.45, 7) is 0.239. The SMILES string of the molecule is N#Cc1cccc(NS(=O)(=O)c2ccc(C(=O)NCc3ccco3)cc2)c1. The third-order valence-electron chi connectivity index (χ3n) is 3.67. The molecule has 2 aromatic carbocycles. The Morgan fingerprint density at radius 1 is 1.07 bits per heavy atom. The highest BCUT2D eigenvalue weighted by Gasteiger charge is 2.15. The summed E-state index contributed by atoms with van der Waals surface area (Å²) in [7, 11) is -3.83. The van der Waals surface area contributed by atoms with Gasteiger partial charge in [0.1, 0.15) is 5.76 Å². The molecule has 0 fully saturated rings. The Bertz CT molecular complexity index is 1080. The molecule has 0 aliphatic heterocycles. The van der Waals surface area contributed by atoms with Crippen molar-refractivity contribution in [3.63, 3.8) is 0 Å². The third-order valence-corrected chi connectivity index (χ3v) is 5.07. The molecule has 3 rings (SSSR count). The topological polar surface area (TPSA) is 112 Å². The van der Waals surface area contributed by atoms with E-state index in [9.17, 15) is 13.2 Å². The summed E-state index contributed by atoms with van der Waals surface area (Å²) >= 11 is 0. The second-order valence-corrected chi connectivity index (χ2v) is 7.27. The van der Waals surface area contributed by atoms with Crippen molar-refractivity contribution in [2.75, 3.05) is 4.72 Å². The van der Waals surface area contributed by atoms with Crippen molar-refractivity contribution in [1.29, 1.82) is 5.26 Å². The Hall–Kier alpha value is -3.57. The number of sulfonamides is 1. The van der Waals surface area contributed by atoms with E-state index < -0.39 is 10.0 Å². The zero-order valence-electron chi connectivity index (χ0n) is 14.0. The number of carbonyl (C=O) groups excluding carboxylic acids is 1. The van der Waals surface area contributed by atoms with Crippen molar-refractivity contribution >= 4 is 21.6 Å². The van der Waals surface area contributed by atoms with E-state index in [0.717, 1.165) is 0 Å². The smallest absolute Gasteiger partial charge is 0.261 e. The van der Waals surface area contributed by atoms with Crippen molar-refractivity contribution < 1.29 is 17.6 Å². The number of nitrogens with zero attached hydrogens (tertiary/aromatic N) is 1. The molecule has 0 atom stereocenters. The van der Waals surface area contributed by atoms with Crippen LogP contribution in [0.4, 0.5) is 5.69 Å². The van der Waals surface area contributed by atoms with Gasteiger partial charge in [-0.05, 0) is 54.6 Å². The molecule has 0 aliphatic carbocycles. The van der Waals surface area contributed by atoms with E-state index in [1.807, 2.05) is 6.07 Å². The number of hydrogen-bond donors (Lipinski definition) is 2. The zero-order chi connectivity index (χ0) is 19.3. The van der Waals surface area contributed by atoms with Crippen LogP contribution < -0.4 is 10.0 Å². The molecule has 0 bridgehead atoms. The molecule has 27 heavy (non-hydrogen) atoms. The molecule has 7 nitrogen and oxygen atoms in total. The van der Waals surface area contributed by atoms with E-state index in [0.29, 0.717) is 16.9 Å². The second kappa shape index (κ2) is 7.76. The number of anilines is 1. The number of nitrogens with one attached hydrogen (secondary N) is 2. The van der Waals surface area contributed by atoms with Gasteiger partial charge < -0.3 is 9.73 Å². The zero-order valence-corrected chi connectivity index (χ0v) is 14.9. The first-order valence-corrected chi connectivity index (χ1v) is 9.40. The molecule has 0 radical (unpaired) electrons. The number of nitriles is 1. The van der Waals surface area contributed by atoms with Gasteiger partial charge >= 0.3 is 0 Å². The second-order valence-electron chi connectivity index (χ2n) is 5.58. The van der Waals surface area contributed by atoms with Crippen LogP contribution in [0.25, 0.3) is 0 Å². The number of amides is 1. The van der Waals surface area contributed by atoms with E-state index in [-0.39, 0.29) is 23.0 Å². The Balaban J connectivity index is 1.69. The molecule has 3 aromatic rings. The molecule has 2 N–H and O–H groups in total. The first-order valence-electron chi connectivity index (χ1n) is 7.91. The Labute approximate surface area is 156 Å². The van der Waals surface area contributed by atoms with Gasteiger partial charge in [0.15, 0.2) is 0 Å². The van der Waals surface area contributed by atoms with Crippen LogP contribution in [0, 0.1) is 11.3 Å². The number of furan rings is 1. The van der Waals surface area contributed by atoms with Crippen molar-refractivity contribution in [3.8, 4) is 6.07 Å². The Morgan fingerprint density at radius 3 is 2.52 bits per heavy atom. The van der Waals surface area contributed by atoms with E-state index in [4.69, 9.17) is 9.68 Å². The molecule has 1 amide bonds. The summed E-state index contributed by atoms with van der Waals surface area (Å²) < 4.78 is 32.5. The maximum atomic E-state index is 12.5. The largest absolute Gasteiger partial charge is 0.467 e. The van der Waals surface area contributed by atoms with Crippen molar-refractivity contribution in [1.82, 2.24) is 5.32 Å². The quantitative estimate of drug-likeness (QED) is 0.682. The number of rotatable bonds is 6. The van der Waals surface area contributed by atoms with E-state index >= 15 is 0 Å². The van der Waals surface area contributed by atoms with Crippen molar-refractivity contribution in [2.24, 2.45) is 0 Å². The van der Waals surface area contributed by atoms with E-state index in [2.05, 4.69) is 10.0 Å². The predicted octanol–water partition coefficient (Wildman–Crippen LogP) is 2.88. The Morgan fingerprint density at radius 2 is 1.85 bits per heavy atom. The van der Waals surface area contributed by atoms with Crippen LogP contribution >= 0.6 is 0 Å². The summed E-state index contributed by atoms with van der Waals surface area (Å²) in [5, 5.41) is 11.6. The third kappa shape index (κ3) is 4.54. The van der Waals surface area contributed by atoms with Gasteiger partial charge in [0.25, 0.3) is 15.9 Å². The average Bonchev–Trinajstić information content (AvgIpc) is 3.19. The standard InChI is InChI=1S/C19H15N3O4S/c20-12-14-3-1-4-16(11-14)22-27(24,25)18-8-6-15(7-9-18)19(23)21-13-17-5-2-10-26-17/h1-11,22H,13H2,(H,21,23). The van der Waals surface area contributed by atoms with Gasteiger partial charge in [0.2, 0.25) is 0 Å². The van der Waals surface area contributed by atoms with Crippen LogP contribution in [0.1, 0.15) is 21.7 Å². The minimum absolute atomic E-state index is 0.00689. The van der Waals surface area contributed by atoms with Crippen LogP contribution in [0.2, 0.25) is 0 Å². The number of carbonyl (C=O) groups is 1. The molecule has 0 unspecified atom stereocenters. The average molecular weight is 381 g/mol. The molecule has 1 heterocycles. The van der Waals surface area contributed by atoms with E-state index in [1.54, 1.807) is 30.3 Å². The molecular formula is C19H15N3O4S. The summed E-state index contributed by atoms with van der Waals surface area (Å²) in [6.07, 6.45) is 1.51. The minimum Gasteiger partial charge on any atom is -0.467 e. The van der Waals surface area contributed by atoms with Gasteiger partial charge in [-0.3, -0.25) is 9.52 Å². The Kier molecular flexibility index (Phi) is 5.24. The lowest BCUT2D eigenvalue weighted by molar-refractivity contribution is 0.0948. The molecule has 1 aromatic heterocycles. The van der Waals surface area contributed by atoms with Gasteiger partial charge in [0.05, 0.1) is 35.0 Å². The first kappa shape index (κ1) is 18.2. The highest BCUT2D eigenvalue weighted by atomic mass is 32.2. The van der Waals surface area contributed by atoms with Crippen LogP contribution in [0.5, 0.6) is 0 Å². The summed E-state index contributed by atoms with van der Waals surface area (Å²) in [5.74, 6) is 0.274. The lowest BCUT2D eigenvalue weighted by Gasteiger charge is -2.09. The minimum atomic E-state index is -3.83. The highest BCUT2D eigenvalue weighted by Crippen LogP contribution is 2.17. The van der Waals surface area contributed by atoms with Gasteiger partial charge in [-0.2, -0.15) is 5.26 Å². The molecule has 8 heteroatoms. The number of benzene rings is 2. The number of hydrogen-bond acceptors (Lipinski definition) is 5. The first-order chi connectivity index (χ1) is 13.0. The van der Waals surface area contributed by atoms with Gasteiger partial charge in [-0.1, -0.05) is 6.07 Å². The summed E-state index contributed by atoms with van der Waals surface area (Å²) in [4.78, 5) is 12.1. The molecule has 0 spiro atoms. The summed E-state index contributed by atoms with van der Waals surface area (Å²) in [5.41, 5.74) is 0.958. The summed E-state index contributed by atoms with van der Waals surface area (Å²) in [6, 6.07) is 17.1. The van der Waals surface area contributed by atoms with Gasteiger partial charge in [-0.15, -0.1) is 0 Å². The fourth-order valence-corrected chi connectivity index (χ4v) is 3.38. The van der Waals surface area contributed by atoms with Crippen LogP contribution in [0.3, 0.4) is 0 Å². The normalized spacial score (nSPS) is 10.8.